The third kappa shape index (κ3) is 4.35. The largest absolute Gasteiger partial charge is 0.335 e. The van der Waals surface area contributed by atoms with E-state index in [4.69, 9.17) is 5.73 Å². The Hall–Kier alpha value is -0.810. The fourth-order valence-corrected chi connectivity index (χ4v) is 2.98. The van der Waals surface area contributed by atoms with Gasteiger partial charge in [0.15, 0.2) is 0 Å². The summed E-state index contributed by atoms with van der Waals surface area (Å²) in [6, 6.07) is 0.557. The molecule has 110 valence electrons. The number of piperazine rings is 1. The molecule has 0 radical (unpaired) electrons. The number of nitrogens with zero attached hydrogens (tertiary/aromatic N) is 2. The molecule has 1 saturated heterocycles. The van der Waals surface area contributed by atoms with Gasteiger partial charge in [-0.25, -0.2) is 4.79 Å². The highest BCUT2D eigenvalue weighted by Crippen LogP contribution is 2.18. The van der Waals surface area contributed by atoms with E-state index < -0.39 is 0 Å². The molecule has 2 fully saturated rings. The van der Waals surface area contributed by atoms with Crippen LogP contribution in [-0.2, 0) is 0 Å². The van der Waals surface area contributed by atoms with Crippen LogP contribution in [0, 0.1) is 5.92 Å². The zero-order valence-corrected chi connectivity index (χ0v) is 12.1. The second-order valence-corrected chi connectivity index (χ2v) is 6.06. The highest BCUT2D eigenvalue weighted by molar-refractivity contribution is 5.74. The van der Waals surface area contributed by atoms with Crippen molar-refractivity contribution in [3.05, 3.63) is 0 Å². The monoisotopic (exact) mass is 268 g/mol. The molecule has 1 aliphatic carbocycles. The molecule has 3 N–H and O–H groups in total. The molecule has 5 heteroatoms. The number of carbonyl (C=O) groups excluding carboxylic acids is 1. The Labute approximate surface area is 116 Å². The Kier molecular flexibility index (Phi) is 5.45. The number of carbonyl (C=O) groups is 1. The Balaban J connectivity index is 1.68. The first-order valence-corrected chi connectivity index (χ1v) is 7.67. The summed E-state index contributed by atoms with van der Waals surface area (Å²) < 4.78 is 0. The van der Waals surface area contributed by atoms with Crippen molar-refractivity contribution >= 4 is 6.03 Å². The number of urea groups is 1. The molecule has 2 amide bonds. The lowest BCUT2D eigenvalue weighted by Crippen LogP contribution is -2.53. The zero-order valence-electron chi connectivity index (χ0n) is 12.1. The maximum atomic E-state index is 12.1. The fraction of sp³-hybridized carbons (Fsp3) is 0.929. The summed E-state index contributed by atoms with van der Waals surface area (Å²) in [5, 5.41) is 3.16. The summed E-state index contributed by atoms with van der Waals surface area (Å²) in [5.74, 6) is 0.541. The summed E-state index contributed by atoms with van der Waals surface area (Å²) in [4.78, 5) is 16.5. The average molecular weight is 268 g/mol. The molecule has 1 atom stereocenters. The van der Waals surface area contributed by atoms with Crippen LogP contribution >= 0.6 is 0 Å². The van der Waals surface area contributed by atoms with Crippen LogP contribution in [0.1, 0.15) is 32.6 Å². The second-order valence-electron chi connectivity index (χ2n) is 6.06. The van der Waals surface area contributed by atoms with Gasteiger partial charge in [-0.3, -0.25) is 4.90 Å². The van der Waals surface area contributed by atoms with E-state index in [1.807, 2.05) is 4.90 Å². The van der Waals surface area contributed by atoms with Crippen LogP contribution in [0.2, 0.25) is 0 Å². The minimum absolute atomic E-state index is 0.137. The lowest BCUT2D eigenvalue weighted by Gasteiger charge is -2.36. The molecule has 19 heavy (non-hydrogen) atoms. The average Bonchev–Trinajstić information content (AvgIpc) is 2.92. The molecular weight excluding hydrogens is 240 g/mol. The van der Waals surface area contributed by atoms with Gasteiger partial charge in [0.1, 0.15) is 0 Å². The molecule has 5 nitrogen and oxygen atoms in total. The van der Waals surface area contributed by atoms with Crippen LogP contribution in [0.3, 0.4) is 0 Å². The molecule has 2 aliphatic rings. The van der Waals surface area contributed by atoms with Gasteiger partial charge in [-0.15, -0.1) is 0 Å². The molecule has 0 spiro atoms. The van der Waals surface area contributed by atoms with Crippen molar-refractivity contribution in [1.29, 1.82) is 0 Å². The molecule has 0 bridgehead atoms. The van der Waals surface area contributed by atoms with Crippen LogP contribution in [0.15, 0.2) is 0 Å². The SMILES string of the molecule is CC(CN)CN1CCN(C(=O)NC2CCCC2)CC1. The van der Waals surface area contributed by atoms with Gasteiger partial charge in [0.25, 0.3) is 0 Å². The van der Waals surface area contributed by atoms with Gasteiger partial charge in [-0.2, -0.15) is 0 Å². The standard InChI is InChI=1S/C14H28N4O/c1-12(10-15)11-17-6-8-18(9-7-17)14(19)16-13-4-2-3-5-13/h12-13H,2-11,15H2,1H3,(H,16,19). The number of nitrogens with one attached hydrogen (secondary N) is 1. The predicted octanol–water partition coefficient (Wildman–Crippen LogP) is 0.851. The quantitative estimate of drug-likeness (QED) is 0.794. The summed E-state index contributed by atoms with van der Waals surface area (Å²) in [5.41, 5.74) is 5.65. The third-order valence-corrected chi connectivity index (χ3v) is 4.31. The highest BCUT2D eigenvalue weighted by Gasteiger charge is 2.24. The van der Waals surface area contributed by atoms with E-state index in [0.717, 1.165) is 52.1 Å². The molecule has 1 unspecified atom stereocenters. The summed E-state index contributed by atoms with van der Waals surface area (Å²) in [6.45, 7) is 7.60. The van der Waals surface area contributed by atoms with E-state index in [2.05, 4.69) is 17.1 Å². The molecule has 2 rings (SSSR count). The first kappa shape index (κ1) is 14.6. The Bertz CT molecular complexity index is 283. The Morgan fingerprint density at radius 3 is 2.47 bits per heavy atom. The van der Waals surface area contributed by atoms with Crippen LogP contribution < -0.4 is 11.1 Å². The molecule has 0 aromatic carbocycles. The smallest absolute Gasteiger partial charge is 0.317 e. The van der Waals surface area contributed by atoms with E-state index in [0.29, 0.717) is 12.0 Å². The van der Waals surface area contributed by atoms with Crippen molar-refractivity contribution in [3.63, 3.8) is 0 Å². The first-order chi connectivity index (χ1) is 9.19. The van der Waals surface area contributed by atoms with Crippen LogP contribution in [0.4, 0.5) is 4.79 Å². The van der Waals surface area contributed by atoms with Crippen molar-refractivity contribution < 1.29 is 4.79 Å². The van der Waals surface area contributed by atoms with Gasteiger partial charge in [0.05, 0.1) is 0 Å². The summed E-state index contributed by atoms with van der Waals surface area (Å²) in [6.07, 6.45) is 4.82. The van der Waals surface area contributed by atoms with Crippen molar-refractivity contribution in [3.8, 4) is 0 Å². The predicted molar refractivity (Wildman–Crippen MR) is 77.0 cm³/mol. The van der Waals surface area contributed by atoms with Gasteiger partial charge in [0.2, 0.25) is 0 Å². The molecule has 1 aliphatic heterocycles. The van der Waals surface area contributed by atoms with Crippen molar-refractivity contribution in [2.75, 3.05) is 39.3 Å². The molecule has 0 aromatic rings. The maximum Gasteiger partial charge on any atom is 0.317 e. The van der Waals surface area contributed by atoms with Gasteiger partial charge >= 0.3 is 6.03 Å². The first-order valence-electron chi connectivity index (χ1n) is 7.67. The van der Waals surface area contributed by atoms with Crippen LogP contribution in [-0.4, -0.2) is 61.1 Å². The summed E-state index contributed by atoms with van der Waals surface area (Å²) >= 11 is 0. The fourth-order valence-electron chi connectivity index (χ4n) is 2.98. The highest BCUT2D eigenvalue weighted by atomic mass is 16.2. The minimum Gasteiger partial charge on any atom is -0.335 e. The Morgan fingerprint density at radius 2 is 1.89 bits per heavy atom. The zero-order chi connectivity index (χ0) is 13.7. The van der Waals surface area contributed by atoms with E-state index in [1.165, 1.54) is 12.8 Å². The van der Waals surface area contributed by atoms with Gasteiger partial charge in [-0.05, 0) is 25.3 Å². The van der Waals surface area contributed by atoms with Crippen molar-refractivity contribution in [1.82, 2.24) is 15.1 Å². The topological polar surface area (TPSA) is 61.6 Å². The lowest BCUT2D eigenvalue weighted by atomic mass is 10.1. The number of nitrogens with two attached hydrogens (primary N) is 1. The lowest BCUT2D eigenvalue weighted by molar-refractivity contribution is 0.128. The van der Waals surface area contributed by atoms with Crippen LogP contribution in [0.25, 0.3) is 0 Å². The van der Waals surface area contributed by atoms with Crippen LogP contribution in [0.5, 0.6) is 0 Å². The number of hydrogen-bond donors (Lipinski definition) is 2. The Morgan fingerprint density at radius 1 is 1.26 bits per heavy atom. The number of amides is 2. The third-order valence-electron chi connectivity index (χ3n) is 4.31. The molecule has 1 heterocycles. The normalized spacial score (nSPS) is 23.6. The molecule has 0 aromatic heterocycles. The minimum atomic E-state index is 0.137. The number of rotatable bonds is 4. The summed E-state index contributed by atoms with van der Waals surface area (Å²) in [7, 11) is 0. The molecule has 1 saturated carbocycles. The van der Waals surface area contributed by atoms with Crippen molar-refractivity contribution in [2.45, 2.75) is 38.6 Å². The van der Waals surface area contributed by atoms with E-state index >= 15 is 0 Å². The van der Waals surface area contributed by atoms with Gasteiger partial charge in [0, 0.05) is 38.8 Å². The van der Waals surface area contributed by atoms with Crippen molar-refractivity contribution in [2.24, 2.45) is 11.7 Å². The maximum absolute atomic E-state index is 12.1. The second kappa shape index (κ2) is 7.10. The number of hydrogen-bond acceptors (Lipinski definition) is 3. The van der Waals surface area contributed by atoms with Gasteiger partial charge < -0.3 is 16.0 Å². The van der Waals surface area contributed by atoms with E-state index in [-0.39, 0.29) is 6.03 Å². The van der Waals surface area contributed by atoms with E-state index in [1.54, 1.807) is 0 Å². The van der Waals surface area contributed by atoms with Gasteiger partial charge in [-0.1, -0.05) is 19.8 Å². The van der Waals surface area contributed by atoms with E-state index in [9.17, 15) is 4.79 Å². The molecular formula is C14H28N4O.